The van der Waals surface area contributed by atoms with Gasteiger partial charge in [-0.2, -0.15) is 0 Å². The largest absolute Gasteiger partial charge is 0.465 e. The van der Waals surface area contributed by atoms with Crippen LogP contribution in [0.1, 0.15) is 37.0 Å². The number of thiophene rings is 1. The Morgan fingerprint density at radius 1 is 1.27 bits per heavy atom. The molecule has 1 N–H and O–H groups in total. The fourth-order valence-corrected chi connectivity index (χ4v) is 5.71. The van der Waals surface area contributed by atoms with Crippen molar-refractivity contribution < 1.29 is 14.3 Å². The lowest BCUT2D eigenvalue weighted by Crippen LogP contribution is -2.35. The lowest BCUT2D eigenvalue weighted by Gasteiger charge is -2.27. The number of carbonyl (C=O) groups is 2. The number of aromatic nitrogens is 2. The monoisotopic (exact) mass is 437 g/mol. The Labute approximate surface area is 181 Å². The van der Waals surface area contributed by atoms with Crippen LogP contribution in [0.5, 0.6) is 0 Å². The Morgan fingerprint density at radius 2 is 2.13 bits per heavy atom. The summed E-state index contributed by atoms with van der Waals surface area (Å²) in [5.41, 5.74) is 4.43. The van der Waals surface area contributed by atoms with Gasteiger partial charge in [-0.15, -0.1) is 22.7 Å². The SMILES string of the molecule is COC(=O)c1ccc2[nH]c3c(c2c1)CN(C(=O)c1sc(-c2cccs2)nc1C)CC3. The zero-order valence-electron chi connectivity index (χ0n) is 16.5. The summed E-state index contributed by atoms with van der Waals surface area (Å²) in [4.78, 5) is 36.9. The summed E-state index contributed by atoms with van der Waals surface area (Å²) in [6, 6.07) is 9.51. The lowest BCUT2D eigenvalue weighted by molar-refractivity contribution is 0.0600. The Morgan fingerprint density at radius 3 is 2.90 bits per heavy atom. The number of hydrogen-bond acceptors (Lipinski definition) is 6. The molecule has 3 aromatic heterocycles. The maximum atomic E-state index is 13.3. The number of nitrogens with zero attached hydrogens (tertiary/aromatic N) is 2. The highest BCUT2D eigenvalue weighted by Gasteiger charge is 2.28. The van der Waals surface area contributed by atoms with Crippen LogP contribution in [0.4, 0.5) is 0 Å². The quantitative estimate of drug-likeness (QED) is 0.474. The van der Waals surface area contributed by atoms with E-state index >= 15 is 0 Å². The molecule has 1 amide bonds. The number of nitrogens with one attached hydrogen (secondary N) is 1. The van der Waals surface area contributed by atoms with Crippen LogP contribution in [0.15, 0.2) is 35.7 Å². The van der Waals surface area contributed by atoms with Crippen molar-refractivity contribution in [1.82, 2.24) is 14.9 Å². The number of esters is 1. The summed E-state index contributed by atoms with van der Waals surface area (Å²) in [5.74, 6) is -0.353. The predicted octanol–water partition coefficient (Wildman–Crippen LogP) is 4.65. The first-order valence-corrected chi connectivity index (χ1v) is 11.3. The maximum absolute atomic E-state index is 13.3. The number of thiazole rings is 1. The molecular formula is C22H19N3O3S2. The van der Waals surface area contributed by atoms with Crippen LogP contribution in [-0.4, -0.2) is 40.4 Å². The lowest BCUT2D eigenvalue weighted by atomic mass is 10.0. The molecule has 0 bridgehead atoms. The van der Waals surface area contributed by atoms with Crippen LogP contribution in [0, 0.1) is 6.92 Å². The second-order valence-corrected chi connectivity index (χ2v) is 9.17. The molecule has 0 saturated heterocycles. The Kier molecular flexibility index (Phi) is 4.67. The molecule has 6 nitrogen and oxygen atoms in total. The number of fused-ring (bicyclic) bond motifs is 3. The molecule has 0 saturated carbocycles. The molecule has 0 fully saturated rings. The summed E-state index contributed by atoms with van der Waals surface area (Å²) in [6.45, 7) is 3.04. The Bertz CT molecular complexity index is 1270. The first-order valence-electron chi connectivity index (χ1n) is 9.57. The van der Waals surface area contributed by atoms with E-state index in [9.17, 15) is 9.59 Å². The molecule has 4 aromatic rings. The van der Waals surface area contributed by atoms with E-state index in [1.807, 2.05) is 41.5 Å². The molecule has 0 atom stereocenters. The van der Waals surface area contributed by atoms with Gasteiger partial charge in [0, 0.05) is 41.7 Å². The Hall–Kier alpha value is -2.97. The maximum Gasteiger partial charge on any atom is 0.337 e. The number of methoxy groups -OCH3 is 1. The molecule has 0 aliphatic carbocycles. The van der Waals surface area contributed by atoms with E-state index in [0.29, 0.717) is 23.5 Å². The van der Waals surface area contributed by atoms with Crippen LogP contribution in [-0.2, 0) is 17.7 Å². The van der Waals surface area contributed by atoms with E-state index in [4.69, 9.17) is 4.74 Å². The number of H-pyrrole nitrogens is 1. The third-order valence-electron chi connectivity index (χ3n) is 5.41. The number of aryl methyl sites for hydroxylation is 1. The second kappa shape index (κ2) is 7.37. The minimum Gasteiger partial charge on any atom is -0.465 e. The van der Waals surface area contributed by atoms with Crippen molar-refractivity contribution in [2.45, 2.75) is 19.9 Å². The molecular weight excluding hydrogens is 418 g/mol. The minimum absolute atomic E-state index is 0.0110. The van der Waals surface area contributed by atoms with E-state index in [1.54, 1.807) is 17.4 Å². The summed E-state index contributed by atoms with van der Waals surface area (Å²) in [7, 11) is 1.38. The Balaban J connectivity index is 1.46. The first-order chi connectivity index (χ1) is 14.5. The number of rotatable bonds is 3. The predicted molar refractivity (Wildman–Crippen MR) is 118 cm³/mol. The van der Waals surface area contributed by atoms with Crippen molar-refractivity contribution in [3.8, 4) is 9.88 Å². The van der Waals surface area contributed by atoms with Gasteiger partial charge in [0.15, 0.2) is 0 Å². The second-order valence-electron chi connectivity index (χ2n) is 7.22. The number of amides is 1. The van der Waals surface area contributed by atoms with Gasteiger partial charge in [-0.05, 0) is 36.6 Å². The number of ether oxygens (including phenoxy) is 1. The van der Waals surface area contributed by atoms with E-state index in [1.165, 1.54) is 18.4 Å². The molecule has 0 spiro atoms. The van der Waals surface area contributed by atoms with Crippen LogP contribution < -0.4 is 0 Å². The molecule has 1 aromatic carbocycles. The van der Waals surface area contributed by atoms with E-state index < -0.39 is 0 Å². The van der Waals surface area contributed by atoms with Gasteiger partial charge in [0.05, 0.1) is 23.2 Å². The molecule has 152 valence electrons. The van der Waals surface area contributed by atoms with Crippen LogP contribution >= 0.6 is 22.7 Å². The highest BCUT2D eigenvalue weighted by Crippen LogP contribution is 2.34. The number of hydrogen-bond donors (Lipinski definition) is 1. The highest BCUT2D eigenvalue weighted by molar-refractivity contribution is 7.22. The van der Waals surface area contributed by atoms with Gasteiger partial charge < -0.3 is 14.6 Å². The van der Waals surface area contributed by atoms with Gasteiger partial charge >= 0.3 is 5.97 Å². The number of carbonyl (C=O) groups excluding carboxylic acids is 2. The number of benzene rings is 1. The van der Waals surface area contributed by atoms with Crippen molar-refractivity contribution in [3.63, 3.8) is 0 Å². The molecule has 1 aliphatic heterocycles. The highest BCUT2D eigenvalue weighted by atomic mass is 32.1. The fraction of sp³-hybridized carbons (Fsp3) is 0.227. The van der Waals surface area contributed by atoms with Crippen molar-refractivity contribution in [1.29, 1.82) is 0 Å². The van der Waals surface area contributed by atoms with Crippen molar-refractivity contribution >= 4 is 45.5 Å². The summed E-state index contributed by atoms with van der Waals surface area (Å²) in [6.07, 6.45) is 0.749. The van der Waals surface area contributed by atoms with Gasteiger partial charge in [-0.1, -0.05) is 6.07 Å². The van der Waals surface area contributed by atoms with Crippen LogP contribution in [0.3, 0.4) is 0 Å². The molecule has 5 rings (SSSR count). The topological polar surface area (TPSA) is 75.3 Å². The molecule has 1 aliphatic rings. The van der Waals surface area contributed by atoms with E-state index in [2.05, 4.69) is 9.97 Å². The zero-order chi connectivity index (χ0) is 20.8. The fourth-order valence-electron chi connectivity index (χ4n) is 3.88. The molecule has 30 heavy (non-hydrogen) atoms. The third kappa shape index (κ3) is 3.12. The van der Waals surface area contributed by atoms with Crippen LogP contribution in [0.2, 0.25) is 0 Å². The summed E-state index contributed by atoms with van der Waals surface area (Å²) in [5, 5.41) is 3.86. The first kappa shape index (κ1) is 19.0. The zero-order valence-corrected chi connectivity index (χ0v) is 18.2. The molecule has 0 unspecified atom stereocenters. The van der Waals surface area contributed by atoms with Crippen molar-refractivity contribution in [2.75, 3.05) is 13.7 Å². The van der Waals surface area contributed by atoms with Crippen molar-refractivity contribution in [3.05, 3.63) is 63.1 Å². The molecule has 8 heteroatoms. The minimum atomic E-state index is -0.364. The number of aromatic amines is 1. The third-order valence-corrected chi connectivity index (χ3v) is 7.59. The van der Waals surface area contributed by atoms with Gasteiger partial charge in [0.1, 0.15) is 9.88 Å². The van der Waals surface area contributed by atoms with Gasteiger partial charge in [-0.25, -0.2) is 9.78 Å². The summed E-state index contributed by atoms with van der Waals surface area (Å²) >= 11 is 3.08. The average Bonchev–Trinajstić information content (AvgIpc) is 3.50. The smallest absolute Gasteiger partial charge is 0.337 e. The molecule has 0 radical (unpaired) electrons. The van der Waals surface area contributed by atoms with Crippen molar-refractivity contribution in [2.24, 2.45) is 0 Å². The van der Waals surface area contributed by atoms with Gasteiger partial charge in [0.2, 0.25) is 0 Å². The van der Waals surface area contributed by atoms with Crippen LogP contribution in [0.25, 0.3) is 20.8 Å². The van der Waals surface area contributed by atoms with E-state index in [0.717, 1.165) is 44.2 Å². The standard InChI is InChI=1S/C22H19N3O3S2/c1-12-19(30-20(23-12)18-4-3-9-29-18)21(26)25-8-7-17-15(11-25)14-10-13(22(27)28-2)5-6-16(14)24-17/h3-6,9-10,24H,7-8,11H2,1-2H3. The average molecular weight is 438 g/mol. The van der Waals surface area contributed by atoms with Gasteiger partial charge in [0.25, 0.3) is 5.91 Å². The van der Waals surface area contributed by atoms with E-state index in [-0.39, 0.29) is 11.9 Å². The van der Waals surface area contributed by atoms with Gasteiger partial charge in [-0.3, -0.25) is 4.79 Å². The molecule has 4 heterocycles. The summed E-state index contributed by atoms with van der Waals surface area (Å²) < 4.78 is 4.85. The normalized spacial score (nSPS) is 13.5.